The van der Waals surface area contributed by atoms with E-state index >= 15 is 0 Å². The van der Waals surface area contributed by atoms with E-state index in [4.69, 9.17) is 0 Å². The highest BCUT2D eigenvalue weighted by atomic mass is 16.2. The highest BCUT2D eigenvalue weighted by Gasteiger charge is 2.15. The second-order valence-corrected chi connectivity index (χ2v) is 8.71. The molecule has 0 aliphatic heterocycles. The van der Waals surface area contributed by atoms with Crippen molar-refractivity contribution < 1.29 is 4.79 Å². The Bertz CT molecular complexity index is 1410. The fourth-order valence-electron chi connectivity index (χ4n) is 4.24. The van der Waals surface area contributed by atoms with Crippen LogP contribution in [-0.2, 0) is 11.3 Å². The molecule has 8 heteroatoms. The lowest BCUT2D eigenvalue weighted by Crippen LogP contribution is -2.26. The van der Waals surface area contributed by atoms with Crippen LogP contribution in [0, 0.1) is 20.8 Å². The fraction of sp³-hybridized carbons (Fsp3) is 0.333. The van der Waals surface area contributed by atoms with Gasteiger partial charge < -0.3 is 10.2 Å². The molecule has 2 aromatic heterocycles. The number of aryl methyl sites for hydroxylation is 3. The monoisotopic (exact) mass is 472 g/mol. The number of hydrogen-bond donors (Lipinski definition) is 1. The van der Waals surface area contributed by atoms with Crippen LogP contribution in [0.4, 0.5) is 11.4 Å². The summed E-state index contributed by atoms with van der Waals surface area (Å²) in [5.74, 6) is 0.398. The zero-order chi connectivity index (χ0) is 25.1. The Balaban J connectivity index is 1.50. The molecule has 0 atom stereocenters. The Morgan fingerprint density at radius 1 is 1.03 bits per heavy atom. The summed E-state index contributed by atoms with van der Waals surface area (Å²) < 4.78 is 3.21. The molecule has 0 aliphatic carbocycles. The van der Waals surface area contributed by atoms with Crippen LogP contribution in [0.15, 0.2) is 53.5 Å². The molecule has 1 N–H and O–H groups in total. The number of rotatable bonds is 8. The van der Waals surface area contributed by atoms with Gasteiger partial charge in [0.15, 0.2) is 5.65 Å². The third-order valence-corrected chi connectivity index (χ3v) is 6.33. The van der Waals surface area contributed by atoms with Crippen molar-refractivity contribution in [2.75, 3.05) is 23.3 Å². The number of anilines is 2. The SMILES string of the molecule is CCN(CC)c1ccc(NC(=O)CCn2c(C)nc3c(cnn3-c3ccc(C)cc3)c2=O)c(C)c1. The molecule has 2 heterocycles. The maximum absolute atomic E-state index is 13.2. The van der Waals surface area contributed by atoms with Gasteiger partial charge in [-0.3, -0.25) is 14.2 Å². The van der Waals surface area contributed by atoms with E-state index in [0.29, 0.717) is 16.9 Å². The molecule has 0 saturated carbocycles. The van der Waals surface area contributed by atoms with Crippen molar-refractivity contribution >= 4 is 28.3 Å². The average molecular weight is 473 g/mol. The number of nitrogens with one attached hydrogen (secondary N) is 1. The molecule has 0 saturated heterocycles. The Morgan fingerprint density at radius 3 is 2.40 bits per heavy atom. The standard InChI is InChI=1S/C27H32N6O2/c1-6-31(7-2)22-12-13-24(19(4)16-22)30-25(34)14-15-32-20(5)29-26-23(27(32)35)17-28-33(26)21-10-8-18(3)9-11-21/h8-13,16-17H,6-7,14-15H2,1-5H3,(H,30,34). The van der Waals surface area contributed by atoms with Crippen LogP contribution >= 0.6 is 0 Å². The highest BCUT2D eigenvalue weighted by Crippen LogP contribution is 2.23. The molecule has 0 bridgehead atoms. The van der Waals surface area contributed by atoms with Crippen molar-refractivity contribution in [1.82, 2.24) is 19.3 Å². The first-order valence-electron chi connectivity index (χ1n) is 12.0. The fourth-order valence-corrected chi connectivity index (χ4v) is 4.24. The van der Waals surface area contributed by atoms with Crippen molar-refractivity contribution in [3.8, 4) is 5.69 Å². The number of carbonyl (C=O) groups is 1. The Hall–Kier alpha value is -3.94. The van der Waals surface area contributed by atoms with Gasteiger partial charge in [0.2, 0.25) is 5.91 Å². The Labute approximate surface area is 205 Å². The van der Waals surface area contributed by atoms with Gasteiger partial charge in [0.25, 0.3) is 5.56 Å². The molecule has 1 amide bonds. The predicted molar refractivity (Wildman–Crippen MR) is 141 cm³/mol. The molecule has 0 aliphatic rings. The maximum Gasteiger partial charge on any atom is 0.264 e. The molecule has 0 unspecified atom stereocenters. The van der Waals surface area contributed by atoms with Gasteiger partial charge >= 0.3 is 0 Å². The molecule has 2 aromatic carbocycles. The largest absolute Gasteiger partial charge is 0.372 e. The number of carbonyl (C=O) groups excluding carboxylic acids is 1. The van der Waals surface area contributed by atoms with E-state index in [-0.39, 0.29) is 24.4 Å². The van der Waals surface area contributed by atoms with Gasteiger partial charge in [-0.25, -0.2) is 9.67 Å². The number of benzene rings is 2. The minimum atomic E-state index is -0.196. The normalized spacial score (nSPS) is 11.1. The van der Waals surface area contributed by atoms with E-state index in [0.717, 1.165) is 41.3 Å². The summed E-state index contributed by atoms with van der Waals surface area (Å²) in [6.45, 7) is 12.1. The van der Waals surface area contributed by atoms with Crippen molar-refractivity contribution in [3.63, 3.8) is 0 Å². The van der Waals surface area contributed by atoms with Gasteiger partial charge in [0.05, 0.1) is 11.9 Å². The van der Waals surface area contributed by atoms with Crippen LogP contribution in [0.25, 0.3) is 16.7 Å². The number of amides is 1. The predicted octanol–water partition coefficient (Wildman–Crippen LogP) is 4.38. The van der Waals surface area contributed by atoms with Gasteiger partial charge in [-0.15, -0.1) is 0 Å². The molecule has 0 radical (unpaired) electrons. The zero-order valence-corrected chi connectivity index (χ0v) is 21.0. The lowest BCUT2D eigenvalue weighted by atomic mass is 10.1. The second kappa shape index (κ2) is 10.1. The van der Waals surface area contributed by atoms with E-state index in [1.165, 1.54) is 0 Å². The Kier molecular flexibility index (Phi) is 7.00. The van der Waals surface area contributed by atoms with E-state index in [1.54, 1.807) is 22.4 Å². The van der Waals surface area contributed by atoms with Crippen molar-refractivity contribution in [1.29, 1.82) is 0 Å². The van der Waals surface area contributed by atoms with Crippen molar-refractivity contribution in [2.24, 2.45) is 0 Å². The number of aromatic nitrogens is 4. The number of hydrogen-bond acceptors (Lipinski definition) is 5. The third kappa shape index (κ3) is 4.96. The Morgan fingerprint density at radius 2 is 1.74 bits per heavy atom. The molecule has 4 rings (SSSR count). The smallest absolute Gasteiger partial charge is 0.264 e. The van der Waals surface area contributed by atoms with E-state index in [1.807, 2.05) is 50.2 Å². The summed E-state index contributed by atoms with van der Waals surface area (Å²) in [7, 11) is 0. The molecular weight excluding hydrogens is 440 g/mol. The molecule has 35 heavy (non-hydrogen) atoms. The lowest BCUT2D eigenvalue weighted by molar-refractivity contribution is -0.116. The van der Waals surface area contributed by atoms with Crippen LogP contribution in [0.2, 0.25) is 0 Å². The van der Waals surface area contributed by atoms with Gasteiger partial charge in [0, 0.05) is 37.4 Å². The maximum atomic E-state index is 13.2. The summed E-state index contributed by atoms with van der Waals surface area (Å²) in [4.78, 5) is 32.8. The number of nitrogens with zero attached hydrogens (tertiary/aromatic N) is 5. The molecule has 0 fully saturated rings. The molecule has 0 spiro atoms. The summed E-state index contributed by atoms with van der Waals surface area (Å²) in [6.07, 6.45) is 1.71. The first-order chi connectivity index (χ1) is 16.8. The minimum absolute atomic E-state index is 0.148. The van der Waals surface area contributed by atoms with Gasteiger partial charge in [0.1, 0.15) is 11.2 Å². The topological polar surface area (TPSA) is 85.1 Å². The quantitative estimate of drug-likeness (QED) is 0.411. The van der Waals surface area contributed by atoms with E-state index in [9.17, 15) is 9.59 Å². The van der Waals surface area contributed by atoms with Crippen LogP contribution in [0.3, 0.4) is 0 Å². The first kappa shape index (κ1) is 24.2. The third-order valence-electron chi connectivity index (χ3n) is 6.33. The molecule has 4 aromatic rings. The van der Waals surface area contributed by atoms with Gasteiger partial charge in [-0.2, -0.15) is 5.10 Å². The lowest BCUT2D eigenvalue weighted by Gasteiger charge is -2.22. The minimum Gasteiger partial charge on any atom is -0.372 e. The average Bonchev–Trinajstić information content (AvgIpc) is 3.26. The summed E-state index contributed by atoms with van der Waals surface area (Å²) in [5.41, 5.74) is 5.23. The van der Waals surface area contributed by atoms with E-state index < -0.39 is 0 Å². The van der Waals surface area contributed by atoms with Crippen molar-refractivity contribution in [3.05, 3.63) is 76.0 Å². The zero-order valence-electron chi connectivity index (χ0n) is 21.0. The molecule has 182 valence electrons. The highest BCUT2D eigenvalue weighted by molar-refractivity contribution is 5.91. The van der Waals surface area contributed by atoms with Crippen LogP contribution in [-0.4, -0.2) is 38.3 Å². The van der Waals surface area contributed by atoms with Crippen LogP contribution in [0.1, 0.15) is 37.2 Å². The van der Waals surface area contributed by atoms with Crippen molar-refractivity contribution in [2.45, 2.75) is 47.6 Å². The molecule has 8 nitrogen and oxygen atoms in total. The summed E-state index contributed by atoms with van der Waals surface area (Å²) in [5, 5.41) is 7.80. The van der Waals surface area contributed by atoms with E-state index in [2.05, 4.69) is 40.2 Å². The summed E-state index contributed by atoms with van der Waals surface area (Å²) >= 11 is 0. The van der Waals surface area contributed by atoms with Gasteiger partial charge in [-0.1, -0.05) is 17.7 Å². The van der Waals surface area contributed by atoms with Gasteiger partial charge in [-0.05, 0) is 70.5 Å². The second-order valence-electron chi connectivity index (χ2n) is 8.71. The van der Waals surface area contributed by atoms with Crippen LogP contribution in [0.5, 0.6) is 0 Å². The summed E-state index contributed by atoms with van der Waals surface area (Å²) in [6, 6.07) is 13.9. The molecular formula is C27H32N6O2. The van der Waals surface area contributed by atoms with Crippen LogP contribution < -0.4 is 15.8 Å². The first-order valence-corrected chi connectivity index (χ1v) is 12.0. The number of fused-ring (bicyclic) bond motifs is 1.